The molecule has 0 aliphatic rings. The van der Waals surface area contributed by atoms with Crippen LogP contribution in [0, 0.1) is 5.92 Å². The van der Waals surface area contributed by atoms with Crippen LogP contribution in [0.1, 0.15) is 26.3 Å². The predicted molar refractivity (Wildman–Crippen MR) is 82.8 cm³/mol. The summed E-state index contributed by atoms with van der Waals surface area (Å²) in [5, 5.41) is 3.49. The molecule has 2 nitrogen and oxygen atoms in total. The van der Waals surface area contributed by atoms with Crippen LogP contribution in [0.15, 0.2) is 28.7 Å². The number of hydrogen-bond acceptors (Lipinski definition) is 2. The smallest absolute Gasteiger partial charge is 0.0242 e. The Kier molecular flexibility index (Phi) is 6.90. The van der Waals surface area contributed by atoms with Crippen LogP contribution in [0.2, 0.25) is 0 Å². The second kappa shape index (κ2) is 7.93. The number of nitrogens with one attached hydrogen (secondary N) is 1. The molecule has 102 valence electrons. The van der Waals surface area contributed by atoms with E-state index in [0.717, 1.165) is 19.6 Å². The quantitative estimate of drug-likeness (QED) is 0.828. The third kappa shape index (κ3) is 5.98. The minimum absolute atomic E-state index is 0.570. The number of nitrogens with zero attached hydrogens (tertiary/aromatic N) is 1. The van der Waals surface area contributed by atoms with Gasteiger partial charge in [-0.1, -0.05) is 54.9 Å². The van der Waals surface area contributed by atoms with E-state index in [-0.39, 0.29) is 0 Å². The maximum absolute atomic E-state index is 3.60. The van der Waals surface area contributed by atoms with Crippen molar-refractivity contribution in [3.8, 4) is 0 Å². The van der Waals surface area contributed by atoms with E-state index < -0.39 is 0 Å². The van der Waals surface area contributed by atoms with E-state index in [1.807, 2.05) is 0 Å². The van der Waals surface area contributed by atoms with Crippen LogP contribution in [0.5, 0.6) is 0 Å². The van der Waals surface area contributed by atoms with Gasteiger partial charge in [-0.3, -0.25) is 0 Å². The molecule has 0 radical (unpaired) electrons. The topological polar surface area (TPSA) is 15.3 Å². The van der Waals surface area contributed by atoms with Crippen molar-refractivity contribution < 1.29 is 0 Å². The standard InChI is InChI=1S/C15H25BrN2/c1-12(2)17-9-13(3)10-18(4)11-14-7-5-6-8-15(14)16/h5-8,12-13,17H,9-11H2,1-4H3. The van der Waals surface area contributed by atoms with Gasteiger partial charge in [0.25, 0.3) is 0 Å². The Morgan fingerprint density at radius 2 is 1.89 bits per heavy atom. The van der Waals surface area contributed by atoms with Crippen LogP contribution < -0.4 is 5.32 Å². The van der Waals surface area contributed by atoms with Gasteiger partial charge in [0.1, 0.15) is 0 Å². The minimum atomic E-state index is 0.570. The van der Waals surface area contributed by atoms with Gasteiger partial charge in [-0.15, -0.1) is 0 Å². The highest BCUT2D eigenvalue weighted by atomic mass is 79.9. The summed E-state index contributed by atoms with van der Waals surface area (Å²) in [7, 11) is 2.19. The average molecular weight is 313 g/mol. The molecular formula is C15H25BrN2. The van der Waals surface area contributed by atoms with Crippen molar-refractivity contribution in [2.45, 2.75) is 33.4 Å². The SMILES string of the molecule is CC(CNC(C)C)CN(C)Cc1ccccc1Br. The Morgan fingerprint density at radius 3 is 2.50 bits per heavy atom. The van der Waals surface area contributed by atoms with E-state index in [9.17, 15) is 0 Å². The molecule has 1 aromatic carbocycles. The van der Waals surface area contributed by atoms with E-state index in [0.29, 0.717) is 12.0 Å². The average Bonchev–Trinajstić information content (AvgIpc) is 2.29. The largest absolute Gasteiger partial charge is 0.314 e. The van der Waals surface area contributed by atoms with Gasteiger partial charge in [-0.2, -0.15) is 0 Å². The van der Waals surface area contributed by atoms with Crippen LogP contribution in [0.3, 0.4) is 0 Å². The third-order valence-electron chi connectivity index (χ3n) is 2.90. The molecule has 0 bridgehead atoms. The summed E-state index contributed by atoms with van der Waals surface area (Å²) in [6, 6.07) is 9.01. The summed E-state index contributed by atoms with van der Waals surface area (Å²) in [4.78, 5) is 2.38. The predicted octanol–water partition coefficient (Wildman–Crippen LogP) is 3.52. The highest BCUT2D eigenvalue weighted by Crippen LogP contribution is 2.17. The van der Waals surface area contributed by atoms with Gasteiger partial charge >= 0.3 is 0 Å². The van der Waals surface area contributed by atoms with E-state index in [1.54, 1.807) is 0 Å². The zero-order valence-corrected chi connectivity index (χ0v) is 13.5. The van der Waals surface area contributed by atoms with E-state index in [1.165, 1.54) is 10.0 Å². The molecule has 0 amide bonds. The highest BCUT2D eigenvalue weighted by Gasteiger charge is 2.08. The van der Waals surface area contributed by atoms with Crippen molar-refractivity contribution in [3.63, 3.8) is 0 Å². The molecule has 0 saturated heterocycles. The summed E-state index contributed by atoms with van der Waals surface area (Å²) in [5.74, 6) is 0.667. The van der Waals surface area contributed by atoms with Gasteiger partial charge < -0.3 is 10.2 Å². The fourth-order valence-corrected chi connectivity index (χ4v) is 2.43. The molecular weight excluding hydrogens is 288 g/mol. The number of hydrogen-bond donors (Lipinski definition) is 1. The molecule has 1 N–H and O–H groups in total. The summed E-state index contributed by atoms with van der Waals surface area (Å²) < 4.78 is 1.20. The molecule has 18 heavy (non-hydrogen) atoms. The summed E-state index contributed by atoms with van der Waals surface area (Å²) >= 11 is 3.60. The van der Waals surface area contributed by atoms with Crippen LogP contribution in [0.4, 0.5) is 0 Å². The Morgan fingerprint density at radius 1 is 1.22 bits per heavy atom. The third-order valence-corrected chi connectivity index (χ3v) is 3.67. The Hall–Kier alpha value is -0.380. The van der Waals surface area contributed by atoms with Gasteiger partial charge in [0.2, 0.25) is 0 Å². The number of benzene rings is 1. The van der Waals surface area contributed by atoms with Crippen LogP contribution in [0.25, 0.3) is 0 Å². The monoisotopic (exact) mass is 312 g/mol. The van der Waals surface area contributed by atoms with Crippen molar-refractivity contribution in [1.29, 1.82) is 0 Å². The minimum Gasteiger partial charge on any atom is -0.314 e. The maximum Gasteiger partial charge on any atom is 0.0242 e. The first-order valence-corrected chi connectivity index (χ1v) is 7.43. The number of rotatable bonds is 7. The first-order valence-electron chi connectivity index (χ1n) is 6.64. The Balaban J connectivity index is 2.37. The summed E-state index contributed by atoms with van der Waals surface area (Å²) in [6.45, 7) is 9.87. The fourth-order valence-electron chi connectivity index (χ4n) is 2.02. The first-order chi connectivity index (χ1) is 8.49. The molecule has 0 aliphatic carbocycles. The van der Waals surface area contributed by atoms with Crippen LogP contribution in [-0.4, -0.2) is 31.1 Å². The van der Waals surface area contributed by atoms with E-state index in [2.05, 4.69) is 78.2 Å². The molecule has 0 fully saturated rings. The molecule has 1 unspecified atom stereocenters. The maximum atomic E-state index is 3.60. The second-order valence-electron chi connectivity index (χ2n) is 5.46. The lowest BCUT2D eigenvalue weighted by atomic mass is 10.1. The molecule has 3 heteroatoms. The van der Waals surface area contributed by atoms with Gasteiger partial charge in [-0.05, 0) is 31.1 Å². The first kappa shape index (κ1) is 15.7. The van der Waals surface area contributed by atoms with Crippen LogP contribution in [-0.2, 0) is 6.54 Å². The van der Waals surface area contributed by atoms with E-state index in [4.69, 9.17) is 0 Å². The van der Waals surface area contributed by atoms with Crippen molar-refractivity contribution in [3.05, 3.63) is 34.3 Å². The van der Waals surface area contributed by atoms with Gasteiger partial charge in [0.05, 0.1) is 0 Å². The van der Waals surface area contributed by atoms with Crippen molar-refractivity contribution >= 4 is 15.9 Å². The lowest BCUT2D eigenvalue weighted by Crippen LogP contribution is -2.33. The van der Waals surface area contributed by atoms with Crippen molar-refractivity contribution in [2.24, 2.45) is 5.92 Å². The Bertz CT molecular complexity index is 352. The molecule has 1 aromatic rings. The zero-order valence-electron chi connectivity index (χ0n) is 11.9. The zero-order chi connectivity index (χ0) is 13.5. The molecule has 0 heterocycles. The molecule has 1 rings (SSSR count). The van der Waals surface area contributed by atoms with Crippen molar-refractivity contribution in [1.82, 2.24) is 10.2 Å². The summed E-state index contributed by atoms with van der Waals surface area (Å²) in [6.07, 6.45) is 0. The Labute approximate surface area is 120 Å². The van der Waals surface area contributed by atoms with Gasteiger partial charge in [0.15, 0.2) is 0 Å². The molecule has 1 atom stereocenters. The molecule has 0 aliphatic heterocycles. The lowest BCUT2D eigenvalue weighted by molar-refractivity contribution is 0.271. The molecule has 0 spiro atoms. The molecule has 0 aromatic heterocycles. The normalized spacial score (nSPS) is 13.3. The van der Waals surface area contributed by atoms with Crippen LogP contribution >= 0.6 is 15.9 Å². The lowest BCUT2D eigenvalue weighted by Gasteiger charge is -2.23. The highest BCUT2D eigenvalue weighted by molar-refractivity contribution is 9.10. The van der Waals surface area contributed by atoms with Gasteiger partial charge in [-0.25, -0.2) is 0 Å². The van der Waals surface area contributed by atoms with Crippen molar-refractivity contribution in [2.75, 3.05) is 20.1 Å². The van der Waals surface area contributed by atoms with E-state index >= 15 is 0 Å². The molecule has 0 saturated carbocycles. The number of halogens is 1. The fraction of sp³-hybridized carbons (Fsp3) is 0.600. The second-order valence-corrected chi connectivity index (χ2v) is 6.31. The summed E-state index contributed by atoms with van der Waals surface area (Å²) in [5.41, 5.74) is 1.35. The van der Waals surface area contributed by atoms with Gasteiger partial charge in [0, 0.05) is 23.6 Å².